The summed E-state index contributed by atoms with van der Waals surface area (Å²) in [4.78, 5) is 11.9. The summed E-state index contributed by atoms with van der Waals surface area (Å²) in [7, 11) is 1.80. The second-order valence-corrected chi connectivity index (χ2v) is 4.79. The first-order valence-corrected chi connectivity index (χ1v) is 6.18. The Labute approximate surface area is 107 Å². The van der Waals surface area contributed by atoms with E-state index in [2.05, 4.69) is 5.10 Å². The van der Waals surface area contributed by atoms with Crippen LogP contribution in [0.25, 0.3) is 0 Å². The molecule has 0 amide bonds. The van der Waals surface area contributed by atoms with Crippen molar-refractivity contribution < 1.29 is 14.3 Å². The molecule has 0 saturated heterocycles. The van der Waals surface area contributed by atoms with Crippen molar-refractivity contribution in [3.05, 3.63) is 47.5 Å². The monoisotopic (exact) mass is 266 g/mol. The number of benzene rings is 1. The van der Waals surface area contributed by atoms with Crippen LogP contribution in [0.4, 0.5) is 4.39 Å². The van der Waals surface area contributed by atoms with Crippen molar-refractivity contribution in [2.75, 3.05) is 0 Å². The number of aromatic carboxylic acids is 1. The van der Waals surface area contributed by atoms with E-state index in [1.807, 2.05) is 6.20 Å². The Morgan fingerprint density at radius 3 is 2.94 bits per heavy atom. The second kappa shape index (κ2) is 5.22. The van der Waals surface area contributed by atoms with Gasteiger partial charge in [-0.05, 0) is 23.8 Å². The molecule has 2 rings (SSSR count). The fourth-order valence-corrected chi connectivity index (χ4v) is 2.43. The molecule has 1 aromatic carbocycles. The molecule has 0 bridgehead atoms. The van der Waals surface area contributed by atoms with Gasteiger partial charge in [0, 0.05) is 23.9 Å². The van der Waals surface area contributed by atoms with Crippen LogP contribution in [0.3, 0.4) is 0 Å². The number of aryl methyl sites for hydroxylation is 1. The number of aromatic nitrogens is 2. The maximum Gasteiger partial charge on any atom is 0.335 e. The second-order valence-electron chi connectivity index (χ2n) is 3.75. The van der Waals surface area contributed by atoms with Crippen molar-refractivity contribution in [3.8, 4) is 0 Å². The van der Waals surface area contributed by atoms with E-state index in [0.717, 1.165) is 11.0 Å². The molecule has 4 nitrogen and oxygen atoms in total. The lowest BCUT2D eigenvalue weighted by molar-refractivity contribution is 0.0696. The summed E-state index contributed by atoms with van der Waals surface area (Å²) in [5.41, 5.74) is 0.601. The number of thioether (sulfide) groups is 1. The largest absolute Gasteiger partial charge is 0.478 e. The predicted octanol–water partition coefficient (Wildman–Crippen LogP) is 2.55. The lowest BCUT2D eigenvalue weighted by Crippen LogP contribution is -2.02. The molecule has 18 heavy (non-hydrogen) atoms. The van der Waals surface area contributed by atoms with Gasteiger partial charge in [-0.15, -0.1) is 11.8 Å². The Balaban J connectivity index is 2.17. The summed E-state index contributed by atoms with van der Waals surface area (Å²) in [5, 5.41) is 13.0. The summed E-state index contributed by atoms with van der Waals surface area (Å²) in [6.07, 6.45) is 3.51. The minimum atomic E-state index is -1.04. The zero-order chi connectivity index (χ0) is 13.1. The fraction of sp³-hybridized carbons (Fsp3) is 0.167. The number of carboxylic acid groups (broad SMARTS) is 1. The van der Waals surface area contributed by atoms with E-state index in [4.69, 9.17) is 5.11 Å². The lowest BCUT2D eigenvalue weighted by Gasteiger charge is -2.05. The highest BCUT2D eigenvalue weighted by atomic mass is 32.2. The van der Waals surface area contributed by atoms with Gasteiger partial charge in [0.15, 0.2) is 0 Å². The Bertz CT molecular complexity index is 583. The molecule has 0 aliphatic rings. The number of carboxylic acids is 1. The van der Waals surface area contributed by atoms with E-state index in [9.17, 15) is 9.18 Å². The third-order valence-electron chi connectivity index (χ3n) is 2.37. The molecule has 0 atom stereocenters. The molecule has 0 saturated carbocycles. The van der Waals surface area contributed by atoms with Gasteiger partial charge in [-0.1, -0.05) is 0 Å². The molecule has 1 aromatic heterocycles. The molecular formula is C12H11FN2O2S. The van der Waals surface area contributed by atoms with E-state index in [-0.39, 0.29) is 5.56 Å². The van der Waals surface area contributed by atoms with Gasteiger partial charge in [0.25, 0.3) is 0 Å². The van der Waals surface area contributed by atoms with Crippen LogP contribution in [0, 0.1) is 5.82 Å². The number of nitrogens with zero attached hydrogens (tertiary/aromatic N) is 2. The van der Waals surface area contributed by atoms with Crippen LogP contribution in [-0.4, -0.2) is 20.9 Å². The van der Waals surface area contributed by atoms with Gasteiger partial charge in [0.05, 0.1) is 11.8 Å². The standard InChI is InChI=1S/C12H11FN2O2S/c1-15-6-10(5-14-15)18-7-8-4-9(13)2-3-11(8)12(16)17/h2-6H,7H2,1H3,(H,16,17). The molecular weight excluding hydrogens is 255 g/mol. The highest BCUT2D eigenvalue weighted by molar-refractivity contribution is 7.98. The Kier molecular flexibility index (Phi) is 3.66. The molecule has 94 valence electrons. The first kappa shape index (κ1) is 12.6. The van der Waals surface area contributed by atoms with Crippen LogP contribution in [0.2, 0.25) is 0 Å². The molecule has 0 aliphatic heterocycles. The smallest absolute Gasteiger partial charge is 0.335 e. The third kappa shape index (κ3) is 2.89. The van der Waals surface area contributed by atoms with E-state index >= 15 is 0 Å². The quantitative estimate of drug-likeness (QED) is 0.864. The molecule has 0 spiro atoms. The van der Waals surface area contributed by atoms with Gasteiger partial charge in [-0.2, -0.15) is 5.10 Å². The van der Waals surface area contributed by atoms with Gasteiger partial charge in [-0.3, -0.25) is 4.68 Å². The van der Waals surface area contributed by atoms with Crippen LogP contribution in [0.15, 0.2) is 35.5 Å². The van der Waals surface area contributed by atoms with Gasteiger partial charge in [0.2, 0.25) is 0 Å². The number of rotatable bonds is 4. The maximum atomic E-state index is 13.1. The van der Waals surface area contributed by atoms with Crippen LogP contribution in [-0.2, 0) is 12.8 Å². The van der Waals surface area contributed by atoms with E-state index in [1.165, 1.54) is 23.9 Å². The molecule has 0 radical (unpaired) electrons. The summed E-state index contributed by atoms with van der Waals surface area (Å²) >= 11 is 1.42. The highest BCUT2D eigenvalue weighted by Gasteiger charge is 2.11. The predicted molar refractivity (Wildman–Crippen MR) is 66.1 cm³/mol. The SMILES string of the molecule is Cn1cc(SCc2cc(F)ccc2C(=O)O)cn1. The van der Waals surface area contributed by atoms with Crippen molar-refractivity contribution in [3.63, 3.8) is 0 Å². The molecule has 0 aliphatic carbocycles. The minimum absolute atomic E-state index is 0.132. The first-order valence-electron chi connectivity index (χ1n) is 5.19. The zero-order valence-corrected chi connectivity index (χ0v) is 10.4. The fourth-order valence-electron chi connectivity index (χ4n) is 1.52. The Morgan fingerprint density at radius 1 is 1.56 bits per heavy atom. The topological polar surface area (TPSA) is 55.1 Å². The maximum absolute atomic E-state index is 13.1. The van der Waals surface area contributed by atoms with Crippen molar-refractivity contribution in [1.82, 2.24) is 9.78 Å². The first-order chi connectivity index (χ1) is 8.56. The number of halogens is 1. The lowest BCUT2D eigenvalue weighted by atomic mass is 10.1. The number of hydrogen-bond acceptors (Lipinski definition) is 3. The van der Waals surface area contributed by atoms with Crippen LogP contribution in [0.5, 0.6) is 0 Å². The van der Waals surface area contributed by atoms with Crippen LogP contribution < -0.4 is 0 Å². The number of carbonyl (C=O) groups is 1. The van der Waals surface area contributed by atoms with Gasteiger partial charge < -0.3 is 5.11 Å². The summed E-state index contributed by atoms with van der Waals surface area (Å²) in [5.74, 6) is -1.08. The Hall–Kier alpha value is -1.82. The van der Waals surface area contributed by atoms with Gasteiger partial charge >= 0.3 is 5.97 Å². The van der Waals surface area contributed by atoms with E-state index < -0.39 is 11.8 Å². The normalized spacial score (nSPS) is 10.6. The summed E-state index contributed by atoms with van der Waals surface area (Å²) in [6, 6.07) is 3.70. The minimum Gasteiger partial charge on any atom is -0.478 e. The highest BCUT2D eigenvalue weighted by Crippen LogP contribution is 2.24. The van der Waals surface area contributed by atoms with Gasteiger partial charge in [0.1, 0.15) is 5.82 Å². The van der Waals surface area contributed by atoms with Crippen molar-refractivity contribution in [2.45, 2.75) is 10.6 Å². The van der Waals surface area contributed by atoms with Crippen molar-refractivity contribution >= 4 is 17.7 Å². The third-order valence-corrected chi connectivity index (χ3v) is 3.37. The van der Waals surface area contributed by atoms with Crippen LogP contribution >= 0.6 is 11.8 Å². The molecule has 0 unspecified atom stereocenters. The molecule has 0 fully saturated rings. The van der Waals surface area contributed by atoms with Gasteiger partial charge in [-0.25, -0.2) is 9.18 Å². The molecule has 6 heteroatoms. The summed E-state index contributed by atoms with van der Waals surface area (Å²) < 4.78 is 14.8. The molecule has 2 aromatic rings. The van der Waals surface area contributed by atoms with Crippen molar-refractivity contribution in [2.24, 2.45) is 7.05 Å². The van der Waals surface area contributed by atoms with E-state index in [0.29, 0.717) is 11.3 Å². The van der Waals surface area contributed by atoms with Crippen LogP contribution in [0.1, 0.15) is 15.9 Å². The van der Waals surface area contributed by atoms with Crippen molar-refractivity contribution in [1.29, 1.82) is 0 Å². The van der Waals surface area contributed by atoms with E-state index in [1.54, 1.807) is 17.9 Å². The average molecular weight is 266 g/mol. The summed E-state index contributed by atoms with van der Waals surface area (Å²) in [6.45, 7) is 0. The Morgan fingerprint density at radius 2 is 2.33 bits per heavy atom. The molecule has 1 N–H and O–H groups in total. The number of hydrogen-bond donors (Lipinski definition) is 1. The molecule has 1 heterocycles. The average Bonchev–Trinajstić information content (AvgIpc) is 2.72. The zero-order valence-electron chi connectivity index (χ0n) is 9.63.